The van der Waals surface area contributed by atoms with Gasteiger partial charge in [0.1, 0.15) is 5.75 Å². The average molecular weight is 452 g/mol. The van der Waals surface area contributed by atoms with Crippen molar-refractivity contribution in [3.05, 3.63) is 69.8 Å². The van der Waals surface area contributed by atoms with Crippen LogP contribution in [0.2, 0.25) is 0 Å². The van der Waals surface area contributed by atoms with Crippen LogP contribution in [-0.4, -0.2) is 42.1 Å². The number of alkyl halides is 3. The summed E-state index contributed by atoms with van der Waals surface area (Å²) in [4.78, 5) is 36.2. The summed E-state index contributed by atoms with van der Waals surface area (Å²) in [5.74, 6) is -1.58. The van der Waals surface area contributed by atoms with Crippen LogP contribution >= 0.6 is 0 Å². The minimum Gasteiger partial charge on any atom is -0.469 e. The van der Waals surface area contributed by atoms with Gasteiger partial charge in [-0.3, -0.25) is 14.9 Å². The number of hydrogen-bond acceptors (Lipinski definition) is 6. The summed E-state index contributed by atoms with van der Waals surface area (Å²) in [6.45, 7) is 0.125. The van der Waals surface area contributed by atoms with Crippen LogP contribution in [0.25, 0.3) is 0 Å². The highest BCUT2D eigenvalue weighted by atomic mass is 19.4. The Labute approximate surface area is 180 Å². The molecular weight excluding hydrogens is 433 g/mol. The first-order chi connectivity index (χ1) is 15.1. The number of nitro benzene ring substituents is 1. The van der Waals surface area contributed by atoms with Crippen molar-refractivity contribution in [1.29, 1.82) is 0 Å². The van der Waals surface area contributed by atoms with E-state index in [9.17, 15) is 32.9 Å². The molecule has 1 fully saturated rings. The van der Waals surface area contributed by atoms with Gasteiger partial charge in [-0.2, -0.15) is 13.2 Å². The van der Waals surface area contributed by atoms with Crippen molar-refractivity contribution in [2.45, 2.75) is 18.5 Å². The van der Waals surface area contributed by atoms with Crippen LogP contribution in [0, 0.1) is 16.0 Å². The Balaban J connectivity index is 1.78. The molecule has 0 aliphatic carbocycles. The van der Waals surface area contributed by atoms with Gasteiger partial charge in [0.2, 0.25) is 0 Å². The zero-order valence-corrected chi connectivity index (χ0v) is 16.9. The van der Waals surface area contributed by atoms with Gasteiger partial charge < -0.3 is 14.4 Å². The van der Waals surface area contributed by atoms with Gasteiger partial charge in [-0.15, -0.1) is 0 Å². The van der Waals surface area contributed by atoms with Crippen molar-refractivity contribution in [2.24, 2.45) is 5.92 Å². The van der Waals surface area contributed by atoms with Crippen molar-refractivity contribution in [1.82, 2.24) is 4.90 Å². The predicted molar refractivity (Wildman–Crippen MR) is 105 cm³/mol. The molecule has 2 aromatic rings. The maximum Gasteiger partial charge on any atom is 0.416 e. The van der Waals surface area contributed by atoms with Crippen LogP contribution in [0.5, 0.6) is 5.75 Å². The lowest BCUT2D eigenvalue weighted by Gasteiger charge is -2.36. The molecule has 1 aliphatic rings. The molecule has 1 amide bonds. The summed E-state index contributed by atoms with van der Waals surface area (Å²) in [6.07, 6.45) is -4.97. The second-order valence-electron chi connectivity index (χ2n) is 7.30. The fraction of sp³-hybridized carbons (Fsp3) is 0.333. The van der Waals surface area contributed by atoms with Gasteiger partial charge >= 0.3 is 18.2 Å². The third kappa shape index (κ3) is 5.34. The zero-order chi connectivity index (χ0) is 23.5. The van der Waals surface area contributed by atoms with Crippen molar-refractivity contribution in [3.8, 4) is 5.75 Å². The quantitative estimate of drug-likeness (QED) is 0.388. The van der Waals surface area contributed by atoms with E-state index in [0.717, 1.165) is 12.1 Å². The number of esters is 1. The lowest BCUT2D eigenvalue weighted by atomic mass is 9.84. The normalized spacial score (nSPS) is 18.7. The Morgan fingerprint density at radius 3 is 2.22 bits per heavy atom. The number of methoxy groups -OCH3 is 1. The molecule has 1 heterocycles. The fourth-order valence-electron chi connectivity index (χ4n) is 3.57. The van der Waals surface area contributed by atoms with E-state index >= 15 is 0 Å². The van der Waals surface area contributed by atoms with E-state index in [2.05, 4.69) is 0 Å². The number of ether oxygens (including phenoxy) is 2. The van der Waals surface area contributed by atoms with E-state index in [-0.39, 0.29) is 24.5 Å². The number of halogens is 3. The molecule has 0 N–H and O–H groups in total. The maximum absolute atomic E-state index is 12.9. The SMILES string of the molecule is COC(=O)C1CC(c2ccc(C(F)(F)F)cc2)CN(C(=O)Oc2ccc([N+](=O)[O-])cc2)C1. The smallest absolute Gasteiger partial charge is 0.416 e. The largest absolute Gasteiger partial charge is 0.469 e. The number of amides is 1. The summed E-state index contributed by atoms with van der Waals surface area (Å²) < 4.78 is 48.6. The molecule has 0 saturated carbocycles. The number of carbonyl (C=O) groups excluding carboxylic acids is 2. The highest BCUT2D eigenvalue weighted by Crippen LogP contribution is 2.34. The van der Waals surface area contributed by atoms with Gasteiger partial charge in [0.05, 0.1) is 23.5 Å². The Hall–Kier alpha value is -3.63. The van der Waals surface area contributed by atoms with Gasteiger partial charge in [-0.1, -0.05) is 12.1 Å². The number of nitrogens with zero attached hydrogens (tertiary/aromatic N) is 2. The molecule has 0 bridgehead atoms. The van der Waals surface area contributed by atoms with Gasteiger partial charge in [-0.25, -0.2) is 4.79 Å². The number of piperidine rings is 1. The highest BCUT2D eigenvalue weighted by Gasteiger charge is 2.37. The number of rotatable bonds is 4. The third-order valence-corrected chi connectivity index (χ3v) is 5.21. The molecular formula is C21H19F3N2O6. The minimum absolute atomic E-state index is 0.00955. The van der Waals surface area contributed by atoms with Crippen LogP contribution < -0.4 is 4.74 Å². The average Bonchev–Trinajstić information content (AvgIpc) is 2.78. The van der Waals surface area contributed by atoms with Gasteiger partial charge in [0, 0.05) is 31.1 Å². The topological polar surface area (TPSA) is 99.0 Å². The summed E-state index contributed by atoms with van der Waals surface area (Å²) >= 11 is 0. The lowest BCUT2D eigenvalue weighted by molar-refractivity contribution is -0.384. The minimum atomic E-state index is -4.47. The van der Waals surface area contributed by atoms with Crippen molar-refractivity contribution in [3.63, 3.8) is 0 Å². The van der Waals surface area contributed by atoms with E-state index in [0.29, 0.717) is 12.0 Å². The predicted octanol–water partition coefficient (Wildman–Crippen LogP) is 4.39. The van der Waals surface area contributed by atoms with Crippen molar-refractivity contribution in [2.75, 3.05) is 20.2 Å². The molecule has 3 rings (SSSR count). The second-order valence-corrected chi connectivity index (χ2v) is 7.30. The molecule has 2 unspecified atom stereocenters. The molecule has 1 aliphatic heterocycles. The molecule has 2 aromatic carbocycles. The summed E-state index contributed by atoms with van der Waals surface area (Å²) in [5, 5.41) is 10.7. The van der Waals surface area contributed by atoms with Crippen LogP contribution in [-0.2, 0) is 15.7 Å². The molecule has 0 aromatic heterocycles. The molecule has 32 heavy (non-hydrogen) atoms. The van der Waals surface area contributed by atoms with Gasteiger partial charge in [0.15, 0.2) is 0 Å². The van der Waals surface area contributed by atoms with Crippen molar-refractivity contribution < 1.29 is 37.2 Å². The van der Waals surface area contributed by atoms with Crippen LogP contribution in [0.1, 0.15) is 23.5 Å². The third-order valence-electron chi connectivity index (χ3n) is 5.21. The summed E-state index contributed by atoms with van der Waals surface area (Å²) in [5.41, 5.74) is -0.424. The molecule has 11 heteroatoms. The second kappa shape index (κ2) is 9.25. The molecule has 170 valence electrons. The van der Waals surface area contributed by atoms with E-state index in [1.165, 1.54) is 48.4 Å². The summed E-state index contributed by atoms with van der Waals surface area (Å²) in [6, 6.07) is 9.46. The van der Waals surface area contributed by atoms with E-state index in [4.69, 9.17) is 9.47 Å². The van der Waals surface area contributed by atoms with Gasteiger partial charge in [-0.05, 0) is 36.2 Å². The van der Waals surface area contributed by atoms with Crippen LogP contribution in [0.15, 0.2) is 48.5 Å². The number of benzene rings is 2. The summed E-state index contributed by atoms with van der Waals surface area (Å²) in [7, 11) is 1.21. The first-order valence-electron chi connectivity index (χ1n) is 9.54. The van der Waals surface area contributed by atoms with Crippen LogP contribution in [0.3, 0.4) is 0 Å². The number of likely N-dealkylation sites (tertiary alicyclic amines) is 1. The monoisotopic (exact) mass is 452 g/mol. The van der Waals surface area contributed by atoms with Crippen LogP contribution in [0.4, 0.5) is 23.7 Å². The molecule has 0 spiro atoms. The maximum atomic E-state index is 12.9. The van der Waals surface area contributed by atoms with E-state index in [1.54, 1.807) is 0 Å². The number of nitro groups is 1. The number of non-ortho nitro benzene ring substituents is 1. The first-order valence-corrected chi connectivity index (χ1v) is 9.54. The Bertz CT molecular complexity index is 992. The lowest BCUT2D eigenvalue weighted by Crippen LogP contribution is -2.46. The molecule has 2 atom stereocenters. The standard InChI is InChI=1S/C21H19F3N2O6/c1-31-19(27)15-10-14(13-2-4-16(5-3-13)21(22,23)24)11-25(12-15)20(28)32-18-8-6-17(7-9-18)26(29)30/h2-9,14-15H,10-12H2,1H3. The Morgan fingerprint density at radius 1 is 1.06 bits per heavy atom. The van der Waals surface area contributed by atoms with E-state index < -0.39 is 40.6 Å². The Kier molecular flexibility index (Phi) is 6.66. The highest BCUT2D eigenvalue weighted by molar-refractivity contribution is 5.76. The number of carbonyl (C=O) groups is 2. The first kappa shape index (κ1) is 23.0. The molecule has 8 nitrogen and oxygen atoms in total. The molecule has 0 radical (unpaired) electrons. The Morgan fingerprint density at radius 2 is 1.69 bits per heavy atom. The van der Waals surface area contributed by atoms with Crippen molar-refractivity contribution >= 4 is 17.7 Å². The zero-order valence-electron chi connectivity index (χ0n) is 16.9. The molecule has 1 saturated heterocycles. The number of hydrogen-bond donors (Lipinski definition) is 0. The fourth-order valence-corrected chi connectivity index (χ4v) is 3.57. The van der Waals surface area contributed by atoms with Gasteiger partial charge in [0.25, 0.3) is 5.69 Å². The van der Waals surface area contributed by atoms with E-state index in [1.807, 2.05) is 0 Å².